The van der Waals surface area contributed by atoms with Crippen molar-refractivity contribution in [2.45, 2.75) is 13.5 Å². The fourth-order valence-electron chi connectivity index (χ4n) is 2.51. The summed E-state index contributed by atoms with van der Waals surface area (Å²) in [5, 5.41) is 12.3. The first-order valence-corrected chi connectivity index (χ1v) is 7.61. The summed E-state index contributed by atoms with van der Waals surface area (Å²) < 4.78 is 7.43. The lowest BCUT2D eigenvalue weighted by Crippen LogP contribution is -2.09. The van der Waals surface area contributed by atoms with Crippen LogP contribution in [0.1, 0.15) is 18.3 Å². The molecule has 0 radical (unpaired) electrons. The predicted octanol–water partition coefficient (Wildman–Crippen LogP) is 2.43. The minimum atomic E-state index is 0.243. The topological polar surface area (TPSA) is 102 Å². The average molecular weight is 322 g/mol. The number of nitrogens with one attached hydrogen (secondary N) is 1. The van der Waals surface area contributed by atoms with Gasteiger partial charge < -0.3 is 20.4 Å². The van der Waals surface area contributed by atoms with Crippen LogP contribution in [0.2, 0.25) is 0 Å². The van der Waals surface area contributed by atoms with Gasteiger partial charge in [-0.15, -0.1) is 0 Å². The minimum Gasteiger partial charge on any atom is -0.477 e. The van der Waals surface area contributed by atoms with Crippen LogP contribution >= 0.6 is 0 Å². The summed E-state index contributed by atoms with van der Waals surface area (Å²) in [5.41, 5.74) is 8.52. The summed E-state index contributed by atoms with van der Waals surface area (Å²) in [5.74, 6) is 1.66. The van der Waals surface area contributed by atoms with Crippen molar-refractivity contribution in [3.8, 4) is 11.9 Å². The van der Waals surface area contributed by atoms with Gasteiger partial charge >= 0.3 is 0 Å². The number of imidazole rings is 1. The van der Waals surface area contributed by atoms with Crippen molar-refractivity contribution in [3.05, 3.63) is 41.7 Å². The van der Waals surface area contributed by atoms with Gasteiger partial charge in [-0.25, -0.2) is 4.98 Å². The molecule has 24 heavy (non-hydrogen) atoms. The minimum absolute atomic E-state index is 0.243. The highest BCUT2D eigenvalue weighted by atomic mass is 16.5. The zero-order chi connectivity index (χ0) is 17.1. The van der Waals surface area contributed by atoms with Crippen molar-refractivity contribution in [3.63, 3.8) is 0 Å². The van der Waals surface area contributed by atoms with Crippen LogP contribution in [0.4, 0.5) is 11.5 Å². The van der Waals surface area contributed by atoms with E-state index < -0.39 is 0 Å². The number of nitriles is 1. The van der Waals surface area contributed by atoms with Gasteiger partial charge in [0.05, 0.1) is 29.9 Å². The molecule has 0 saturated heterocycles. The Bertz CT molecular complexity index is 925. The van der Waals surface area contributed by atoms with E-state index in [1.807, 2.05) is 48.9 Å². The van der Waals surface area contributed by atoms with E-state index in [0.29, 0.717) is 24.7 Å². The van der Waals surface area contributed by atoms with E-state index in [9.17, 15) is 0 Å². The summed E-state index contributed by atoms with van der Waals surface area (Å²) in [6.45, 7) is 2.73. The molecule has 0 bridgehead atoms. The Kier molecular flexibility index (Phi) is 4.20. The van der Waals surface area contributed by atoms with Crippen LogP contribution < -0.4 is 15.8 Å². The molecule has 3 rings (SSSR count). The van der Waals surface area contributed by atoms with E-state index in [-0.39, 0.29) is 11.4 Å². The van der Waals surface area contributed by atoms with Crippen LogP contribution in [0.3, 0.4) is 0 Å². The largest absolute Gasteiger partial charge is 0.477 e. The highest BCUT2D eigenvalue weighted by Crippen LogP contribution is 2.25. The molecule has 0 aliphatic carbocycles. The molecule has 0 unspecified atom stereocenters. The summed E-state index contributed by atoms with van der Waals surface area (Å²) >= 11 is 0. The number of para-hydroxylation sites is 2. The van der Waals surface area contributed by atoms with E-state index in [0.717, 1.165) is 16.9 Å². The summed E-state index contributed by atoms with van der Waals surface area (Å²) in [6, 6.07) is 11.6. The molecule has 2 aromatic heterocycles. The number of ether oxygens (including phenoxy) is 1. The van der Waals surface area contributed by atoms with E-state index >= 15 is 0 Å². The highest BCUT2D eigenvalue weighted by Gasteiger charge is 2.13. The van der Waals surface area contributed by atoms with Crippen LogP contribution in [0.25, 0.3) is 11.0 Å². The van der Waals surface area contributed by atoms with Gasteiger partial charge in [-0.3, -0.25) is 0 Å². The SMILES string of the molecule is CCOc1nc(NCc2nc3ccccc3n2C)cc(N)c1C#N. The Morgan fingerprint density at radius 3 is 2.83 bits per heavy atom. The Balaban J connectivity index is 1.86. The van der Waals surface area contributed by atoms with Crippen LogP contribution in [0.15, 0.2) is 30.3 Å². The second-order valence-electron chi connectivity index (χ2n) is 5.25. The molecular weight excluding hydrogens is 304 g/mol. The number of pyridine rings is 1. The molecule has 2 heterocycles. The second-order valence-corrected chi connectivity index (χ2v) is 5.25. The molecule has 122 valence electrons. The molecule has 0 spiro atoms. The third kappa shape index (κ3) is 2.82. The third-order valence-electron chi connectivity index (χ3n) is 3.72. The Morgan fingerprint density at radius 2 is 2.12 bits per heavy atom. The number of nitrogens with two attached hydrogens (primary N) is 1. The Morgan fingerprint density at radius 1 is 1.33 bits per heavy atom. The monoisotopic (exact) mass is 322 g/mol. The standard InChI is InChI=1S/C17H18N6O/c1-3-24-17-11(9-18)12(19)8-15(22-17)20-10-16-21-13-6-4-5-7-14(13)23(16)2/h4-8H,3,10H2,1-2H3,(H3,19,20,22). The van der Waals surface area contributed by atoms with E-state index in [4.69, 9.17) is 15.7 Å². The zero-order valence-electron chi connectivity index (χ0n) is 13.6. The number of hydrogen-bond donors (Lipinski definition) is 2. The summed E-state index contributed by atoms with van der Waals surface area (Å²) in [4.78, 5) is 8.92. The van der Waals surface area contributed by atoms with E-state index in [1.165, 1.54) is 0 Å². The number of nitrogen functional groups attached to an aromatic ring is 1. The fraction of sp³-hybridized carbons (Fsp3) is 0.235. The van der Waals surface area contributed by atoms with Gasteiger partial charge in [0.2, 0.25) is 5.88 Å². The molecule has 0 fully saturated rings. The van der Waals surface area contributed by atoms with Crippen LogP contribution in [0, 0.1) is 11.3 Å². The summed E-state index contributed by atoms with van der Waals surface area (Å²) in [6.07, 6.45) is 0. The van der Waals surface area contributed by atoms with Crippen LogP contribution in [0.5, 0.6) is 5.88 Å². The van der Waals surface area contributed by atoms with Gasteiger partial charge in [-0.05, 0) is 19.1 Å². The summed E-state index contributed by atoms with van der Waals surface area (Å²) in [7, 11) is 1.97. The van der Waals surface area contributed by atoms with Crippen molar-refractivity contribution < 1.29 is 4.74 Å². The lowest BCUT2D eigenvalue weighted by atomic mass is 10.2. The molecule has 1 aromatic carbocycles. The van der Waals surface area contributed by atoms with Crippen molar-refractivity contribution in [1.82, 2.24) is 14.5 Å². The Hall–Kier alpha value is -3.27. The maximum atomic E-state index is 9.16. The van der Waals surface area contributed by atoms with Crippen LogP contribution in [-0.4, -0.2) is 21.1 Å². The van der Waals surface area contributed by atoms with Crippen LogP contribution in [-0.2, 0) is 13.6 Å². The molecule has 0 aliphatic heterocycles. The number of anilines is 2. The van der Waals surface area contributed by atoms with Gasteiger partial charge in [-0.1, -0.05) is 12.1 Å². The predicted molar refractivity (Wildman–Crippen MR) is 92.6 cm³/mol. The maximum Gasteiger partial charge on any atom is 0.235 e. The maximum absolute atomic E-state index is 9.16. The molecule has 0 saturated carbocycles. The number of nitrogens with zero attached hydrogens (tertiary/aromatic N) is 4. The lowest BCUT2D eigenvalue weighted by Gasteiger charge is -2.11. The molecule has 0 atom stereocenters. The van der Waals surface area contributed by atoms with Crippen molar-refractivity contribution in [2.24, 2.45) is 7.05 Å². The van der Waals surface area contributed by atoms with Crippen molar-refractivity contribution in [1.29, 1.82) is 5.26 Å². The first kappa shape index (κ1) is 15.6. The average Bonchev–Trinajstić information content (AvgIpc) is 2.90. The number of fused-ring (bicyclic) bond motifs is 1. The van der Waals surface area contributed by atoms with Gasteiger partial charge in [0.25, 0.3) is 0 Å². The quantitative estimate of drug-likeness (QED) is 0.748. The number of benzene rings is 1. The second kappa shape index (κ2) is 6.46. The number of hydrogen-bond acceptors (Lipinski definition) is 6. The molecule has 0 amide bonds. The normalized spacial score (nSPS) is 10.5. The molecule has 3 N–H and O–H groups in total. The van der Waals surface area contributed by atoms with Crippen molar-refractivity contribution >= 4 is 22.5 Å². The Labute approximate surface area is 139 Å². The van der Waals surface area contributed by atoms with E-state index in [1.54, 1.807) is 6.07 Å². The van der Waals surface area contributed by atoms with Crippen molar-refractivity contribution in [2.75, 3.05) is 17.7 Å². The molecule has 3 aromatic rings. The molecule has 0 aliphatic rings. The number of aryl methyl sites for hydroxylation is 1. The first-order chi connectivity index (χ1) is 11.6. The van der Waals surface area contributed by atoms with Gasteiger partial charge in [0.15, 0.2) is 0 Å². The van der Waals surface area contributed by atoms with Gasteiger partial charge in [0, 0.05) is 13.1 Å². The third-order valence-corrected chi connectivity index (χ3v) is 3.72. The number of aromatic nitrogens is 3. The first-order valence-electron chi connectivity index (χ1n) is 7.61. The molecular formula is C17H18N6O. The lowest BCUT2D eigenvalue weighted by molar-refractivity contribution is 0.326. The highest BCUT2D eigenvalue weighted by molar-refractivity contribution is 5.75. The number of rotatable bonds is 5. The van der Waals surface area contributed by atoms with E-state index in [2.05, 4.69) is 15.3 Å². The molecule has 7 nitrogen and oxygen atoms in total. The fourth-order valence-corrected chi connectivity index (χ4v) is 2.51. The molecule has 7 heteroatoms. The zero-order valence-corrected chi connectivity index (χ0v) is 13.6. The van der Waals surface area contributed by atoms with Gasteiger partial charge in [0.1, 0.15) is 23.3 Å². The smallest absolute Gasteiger partial charge is 0.235 e. The van der Waals surface area contributed by atoms with Gasteiger partial charge in [-0.2, -0.15) is 10.2 Å².